The monoisotopic (exact) mass is 218 g/mol. The maximum Gasteiger partial charge on any atom is 0.338 e. The van der Waals surface area contributed by atoms with Gasteiger partial charge in [0, 0.05) is 17.6 Å². The molecule has 0 spiro atoms. The van der Waals surface area contributed by atoms with Gasteiger partial charge < -0.3 is 5.11 Å². The van der Waals surface area contributed by atoms with Gasteiger partial charge in [0.05, 0.1) is 11.8 Å². The van der Waals surface area contributed by atoms with Crippen molar-refractivity contribution in [3.05, 3.63) is 35.4 Å². The molecule has 0 saturated heterocycles. The summed E-state index contributed by atoms with van der Waals surface area (Å²) in [5.74, 6) is -0.638. The van der Waals surface area contributed by atoms with Crippen LogP contribution in [0.25, 0.3) is 5.95 Å². The third-order valence-corrected chi connectivity index (χ3v) is 2.00. The Labute approximate surface area is 91.6 Å². The van der Waals surface area contributed by atoms with Crippen LogP contribution in [0.5, 0.6) is 0 Å². The van der Waals surface area contributed by atoms with E-state index in [9.17, 15) is 4.79 Å². The van der Waals surface area contributed by atoms with Crippen molar-refractivity contribution >= 4 is 5.97 Å². The summed E-state index contributed by atoms with van der Waals surface area (Å²) in [5.41, 5.74) is 1.74. The standard InChI is InChI=1S/C10H10N4O2/c1-6-3-7(2)13-10(12-6)14-5-8(4-11-14)9(15)16/h3-5H,1-2H3,(H,15,16). The molecular weight excluding hydrogens is 208 g/mol. The molecule has 0 aliphatic heterocycles. The SMILES string of the molecule is Cc1cc(C)nc(-n2cc(C(=O)O)cn2)n1. The molecule has 0 amide bonds. The van der Waals surface area contributed by atoms with Gasteiger partial charge >= 0.3 is 5.97 Å². The zero-order valence-corrected chi connectivity index (χ0v) is 8.88. The first kappa shape index (κ1) is 10.3. The molecule has 0 aliphatic rings. The van der Waals surface area contributed by atoms with Crippen molar-refractivity contribution in [1.82, 2.24) is 19.7 Å². The van der Waals surface area contributed by atoms with Gasteiger partial charge in [-0.2, -0.15) is 5.10 Å². The molecule has 6 heteroatoms. The Morgan fingerprint density at radius 2 is 1.94 bits per heavy atom. The van der Waals surface area contributed by atoms with Gasteiger partial charge in [-0.3, -0.25) is 0 Å². The van der Waals surface area contributed by atoms with Gasteiger partial charge in [-0.25, -0.2) is 19.4 Å². The number of aryl methyl sites for hydroxylation is 2. The minimum absolute atomic E-state index is 0.114. The second-order valence-electron chi connectivity index (χ2n) is 3.43. The fraction of sp³-hybridized carbons (Fsp3) is 0.200. The number of aromatic carboxylic acids is 1. The first-order valence-corrected chi connectivity index (χ1v) is 4.67. The number of carboxylic acid groups (broad SMARTS) is 1. The first-order valence-electron chi connectivity index (χ1n) is 4.67. The third-order valence-electron chi connectivity index (χ3n) is 2.00. The van der Waals surface area contributed by atoms with Crippen molar-refractivity contribution in [3.63, 3.8) is 0 Å². The molecule has 0 bridgehead atoms. The molecular formula is C10H10N4O2. The van der Waals surface area contributed by atoms with Gasteiger partial charge in [-0.1, -0.05) is 0 Å². The molecule has 2 heterocycles. The molecule has 2 aromatic heterocycles. The molecule has 2 rings (SSSR count). The van der Waals surface area contributed by atoms with Crippen molar-refractivity contribution < 1.29 is 9.90 Å². The van der Waals surface area contributed by atoms with Crippen LogP contribution in [0.2, 0.25) is 0 Å². The summed E-state index contributed by atoms with van der Waals surface area (Å²) in [5, 5.41) is 12.7. The van der Waals surface area contributed by atoms with E-state index in [4.69, 9.17) is 5.11 Å². The zero-order valence-electron chi connectivity index (χ0n) is 8.88. The second kappa shape index (κ2) is 3.73. The van der Waals surface area contributed by atoms with Crippen LogP contribution in [0.4, 0.5) is 0 Å². The highest BCUT2D eigenvalue weighted by Crippen LogP contribution is 2.05. The normalized spacial score (nSPS) is 10.4. The number of nitrogens with zero attached hydrogens (tertiary/aromatic N) is 4. The van der Waals surface area contributed by atoms with Crippen molar-refractivity contribution in [2.24, 2.45) is 0 Å². The van der Waals surface area contributed by atoms with Gasteiger partial charge in [0.15, 0.2) is 0 Å². The summed E-state index contributed by atoms with van der Waals surface area (Å²) in [6.07, 6.45) is 2.65. The highest BCUT2D eigenvalue weighted by Gasteiger charge is 2.09. The summed E-state index contributed by atoms with van der Waals surface area (Å²) < 4.78 is 1.35. The molecule has 6 nitrogen and oxygen atoms in total. The van der Waals surface area contributed by atoms with Gasteiger partial charge in [0.25, 0.3) is 5.95 Å². The average Bonchev–Trinajstić information content (AvgIpc) is 2.64. The largest absolute Gasteiger partial charge is 0.478 e. The lowest BCUT2D eigenvalue weighted by atomic mass is 10.3. The predicted molar refractivity (Wildman–Crippen MR) is 55.6 cm³/mol. The highest BCUT2D eigenvalue weighted by atomic mass is 16.4. The minimum Gasteiger partial charge on any atom is -0.478 e. The Bertz CT molecular complexity index is 527. The summed E-state index contributed by atoms with van der Waals surface area (Å²) in [6.45, 7) is 3.69. The summed E-state index contributed by atoms with van der Waals surface area (Å²) in [6, 6.07) is 1.84. The zero-order chi connectivity index (χ0) is 11.7. The van der Waals surface area contributed by atoms with Crippen LogP contribution in [0.15, 0.2) is 18.5 Å². The van der Waals surface area contributed by atoms with Crippen LogP contribution in [0.1, 0.15) is 21.7 Å². The molecule has 1 N–H and O–H groups in total. The quantitative estimate of drug-likeness (QED) is 0.812. The van der Waals surface area contributed by atoms with Crippen molar-refractivity contribution in [2.75, 3.05) is 0 Å². The lowest BCUT2D eigenvalue weighted by molar-refractivity contribution is 0.0697. The van der Waals surface area contributed by atoms with Crippen LogP contribution < -0.4 is 0 Å². The number of carbonyl (C=O) groups is 1. The van der Waals surface area contributed by atoms with E-state index in [-0.39, 0.29) is 5.56 Å². The van der Waals surface area contributed by atoms with E-state index in [1.54, 1.807) is 0 Å². The number of hydrogen-bond donors (Lipinski definition) is 1. The Morgan fingerprint density at radius 3 is 2.44 bits per heavy atom. The third kappa shape index (κ3) is 1.90. The van der Waals surface area contributed by atoms with Gasteiger partial charge in [0.1, 0.15) is 0 Å². The molecule has 2 aromatic rings. The summed E-state index contributed by atoms with van der Waals surface area (Å²) in [4.78, 5) is 19.0. The molecule has 0 radical (unpaired) electrons. The van der Waals surface area contributed by atoms with Crippen LogP contribution in [-0.2, 0) is 0 Å². The van der Waals surface area contributed by atoms with Crippen LogP contribution in [0.3, 0.4) is 0 Å². The van der Waals surface area contributed by atoms with E-state index in [2.05, 4.69) is 15.1 Å². The van der Waals surface area contributed by atoms with Gasteiger partial charge in [-0.15, -0.1) is 0 Å². The Kier molecular flexibility index (Phi) is 2.40. The molecule has 0 unspecified atom stereocenters. The van der Waals surface area contributed by atoms with Gasteiger partial charge in [-0.05, 0) is 19.9 Å². The fourth-order valence-corrected chi connectivity index (χ4v) is 1.35. The Balaban J connectivity index is 2.46. The Hall–Kier alpha value is -2.24. The fourth-order valence-electron chi connectivity index (χ4n) is 1.35. The van der Waals surface area contributed by atoms with E-state index in [0.717, 1.165) is 11.4 Å². The van der Waals surface area contributed by atoms with E-state index in [1.807, 2.05) is 19.9 Å². The second-order valence-corrected chi connectivity index (χ2v) is 3.43. The predicted octanol–water partition coefficient (Wildman–Crippen LogP) is 0.977. The minimum atomic E-state index is -1.02. The molecule has 0 atom stereocenters. The number of aromatic nitrogens is 4. The van der Waals surface area contributed by atoms with Crippen molar-refractivity contribution in [2.45, 2.75) is 13.8 Å². The smallest absolute Gasteiger partial charge is 0.338 e. The topological polar surface area (TPSA) is 80.9 Å². The lowest BCUT2D eigenvalue weighted by Crippen LogP contribution is -2.04. The van der Waals surface area contributed by atoms with E-state index >= 15 is 0 Å². The summed E-state index contributed by atoms with van der Waals surface area (Å²) >= 11 is 0. The molecule has 0 aromatic carbocycles. The molecule has 82 valence electrons. The van der Waals surface area contributed by atoms with Crippen LogP contribution in [-0.4, -0.2) is 30.8 Å². The van der Waals surface area contributed by atoms with Gasteiger partial charge in [0.2, 0.25) is 0 Å². The van der Waals surface area contributed by atoms with E-state index in [0.29, 0.717) is 5.95 Å². The van der Waals surface area contributed by atoms with Crippen LogP contribution in [0, 0.1) is 13.8 Å². The first-order chi connectivity index (χ1) is 7.56. The number of carboxylic acids is 1. The van der Waals surface area contributed by atoms with E-state index < -0.39 is 5.97 Å². The maximum atomic E-state index is 10.7. The van der Waals surface area contributed by atoms with Crippen molar-refractivity contribution in [1.29, 1.82) is 0 Å². The van der Waals surface area contributed by atoms with Crippen molar-refractivity contribution in [3.8, 4) is 5.95 Å². The van der Waals surface area contributed by atoms with Crippen LogP contribution >= 0.6 is 0 Å². The Morgan fingerprint density at radius 1 is 1.31 bits per heavy atom. The molecule has 16 heavy (non-hydrogen) atoms. The molecule has 0 aliphatic carbocycles. The highest BCUT2D eigenvalue weighted by molar-refractivity contribution is 5.86. The lowest BCUT2D eigenvalue weighted by Gasteiger charge is -2.01. The number of hydrogen-bond acceptors (Lipinski definition) is 4. The summed E-state index contributed by atoms with van der Waals surface area (Å²) in [7, 11) is 0. The molecule has 0 fully saturated rings. The molecule has 0 saturated carbocycles. The van der Waals surface area contributed by atoms with E-state index in [1.165, 1.54) is 17.1 Å². The number of rotatable bonds is 2. The maximum absolute atomic E-state index is 10.7. The average molecular weight is 218 g/mol.